The molecule has 0 atom stereocenters. The van der Waals surface area contributed by atoms with Crippen LogP contribution in [0, 0.1) is 0 Å². The molecular formula is C43H27N3O. The Labute approximate surface area is 271 Å². The Morgan fingerprint density at radius 2 is 0.915 bits per heavy atom. The van der Waals surface area contributed by atoms with Crippen molar-refractivity contribution in [1.82, 2.24) is 15.0 Å². The van der Waals surface area contributed by atoms with Crippen LogP contribution >= 0.6 is 0 Å². The molecule has 47 heavy (non-hydrogen) atoms. The Kier molecular flexibility index (Phi) is 6.43. The highest BCUT2D eigenvalue weighted by Gasteiger charge is 2.18. The molecule has 220 valence electrons. The van der Waals surface area contributed by atoms with Crippen LogP contribution < -0.4 is 0 Å². The predicted octanol–water partition coefficient (Wildman–Crippen LogP) is 11.3. The van der Waals surface area contributed by atoms with Gasteiger partial charge in [-0.15, -0.1) is 0 Å². The molecule has 0 amide bonds. The lowest BCUT2D eigenvalue weighted by molar-refractivity contribution is 0.669. The van der Waals surface area contributed by atoms with Crippen LogP contribution in [0.15, 0.2) is 168 Å². The van der Waals surface area contributed by atoms with E-state index >= 15 is 0 Å². The van der Waals surface area contributed by atoms with Crippen molar-refractivity contribution >= 4 is 32.7 Å². The van der Waals surface area contributed by atoms with E-state index in [1.165, 1.54) is 27.5 Å². The van der Waals surface area contributed by atoms with Gasteiger partial charge in [0.2, 0.25) is 0 Å². The fourth-order valence-corrected chi connectivity index (χ4v) is 6.45. The van der Waals surface area contributed by atoms with Crippen LogP contribution in [-0.4, -0.2) is 15.0 Å². The second-order valence-corrected chi connectivity index (χ2v) is 11.6. The van der Waals surface area contributed by atoms with E-state index in [9.17, 15) is 0 Å². The van der Waals surface area contributed by atoms with Crippen LogP contribution in [-0.2, 0) is 0 Å². The number of fused-ring (bicyclic) bond motifs is 4. The van der Waals surface area contributed by atoms with Crippen molar-refractivity contribution in [3.8, 4) is 56.4 Å². The first-order valence-corrected chi connectivity index (χ1v) is 15.7. The number of hydrogen-bond acceptors (Lipinski definition) is 4. The summed E-state index contributed by atoms with van der Waals surface area (Å²) in [6.07, 6.45) is 0. The van der Waals surface area contributed by atoms with Crippen molar-refractivity contribution in [1.29, 1.82) is 0 Å². The van der Waals surface area contributed by atoms with E-state index in [1.807, 2.05) is 66.7 Å². The molecule has 9 aromatic rings. The molecule has 2 heterocycles. The molecule has 0 spiro atoms. The van der Waals surface area contributed by atoms with E-state index in [4.69, 9.17) is 19.4 Å². The van der Waals surface area contributed by atoms with Gasteiger partial charge >= 0.3 is 0 Å². The number of benzene rings is 7. The first kappa shape index (κ1) is 27.0. The van der Waals surface area contributed by atoms with Gasteiger partial charge in [0.05, 0.1) is 0 Å². The Balaban J connectivity index is 1.15. The van der Waals surface area contributed by atoms with Crippen LogP contribution in [0.2, 0.25) is 0 Å². The maximum atomic E-state index is 6.19. The van der Waals surface area contributed by atoms with E-state index in [1.54, 1.807) is 0 Å². The highest BCUT2D eigenvalue weighted by Crippen LogP contribution is 2.37. The molecule has 0 radical (unpaired) electrons. The quantitative estimate of drug-likeness (QED) is 0.197. The van der Waals surface area contributed by atoms with Crippen molar-refractivity contribution < 1.29 is 4.42 Å². The SMILES string of the molecule is c1ccc(-c2ccc3c(-c4ccc(-c5nc(-c6ccccc6)nc(-c6cccc7oc8ccccc8c67)n5)cc4)cccc3c2)cc1. The summed E-state index contributed by atoms with van der Waals surface area (Å²) in [6.45, 7) is 0. The lowest BCUT2D eigenvalue weighted by Gasteiger charge is -2.11. The molecule has 0 aliphatic heterocycles. The summed E-state index contributed by atoms with van der Waals surface area (Å²) in [6, 6.07) is 56.4. The number of nitrogens with zero attached hydrogens (tertiary/aromatic N) is 3. The van der Waals surface area contributed by atoms with Crippen LogP contribution in [0.25, 0.3) is 89.1 Å². The fraction of sp³-hybridized carbons (Fsp3) is 0. The minimum Gasteiger partial charge on any atom is -0.456 e. The molecule has 0 saturated carbocycles. The van der Waals surface area contributed by atoms with E-state index in [0.29, 0.717) is 17.5 Å². The van der Waals surface area contributed by atoms with Crippen molar-refractivity contribution in [2.24, 2.45) is 0 Å². The van der Waals surface area contributed by atoms with E-state index in [-0.39, 0.29) is 0 Å². The van der Waals surface area contributed by atoms with Gasteiger partial charge in [-0.05, 0) is 51.2 Å². The number of hydrogen-bond donors (Lipinski definition) is 0. The van der Waals surface area contributed by atoms with E-state index in [0.717, 1.165) is 44.2 Å². The van der Waals surface area contributed by atoms with E-state index < -0.39 is 0 Å². The average molecular weight is 602 g/mol. The first-order chi connectivity index (χ1) is 23.3. The molecule has 4 heteroatoms. The zero-order valence-electron chi connectivity index (χ0n) is 25.3. The monoisotopic (exact) mass is 601 g/mol. The molecule has 0 N–H and O–H groups in total. The fourth-order valence-electron chi connectivity index (χ4n) is 6.45. The van der Waals surface area contributed by atoms with Gasteiger partial charge in [0.15, 0.2) is 17.5 Å². The van der Waals surface area contributed by atoms with Crippen LogP contribution in [0.1, 0.15) is 0 Å². The second-order valence-electron chi connectivity index (χ2n) is 11.6. The largest absolute Gasteiger partial charge is 0.456 e. The van der Waals surface area contributed by atoms with Crippen molar-refractivity contribution in [3.63, 3.8) is 0 Å². The first-order valence-electron chi connectivity index (χ1n) is 15.7. The Bertz CT molecular complexity index is 2550. The van der Waals surface area contributed by atoms with Gasteiger partial charge in [-0.3, -0.25) is 0 Å². The molecule has 4 nitrogen and oxygen atoms in total. The van der Waals surface area contributed by atoms with Crippen molar-refractivity contribution in [2.45, 2.75) is 0 Å². The molecule has 0 saturated heterocycles. The predicted molar refractivity (Wildman–Crippen MR) is 192 cm³/mol. The third-order valence-corrected chi connectivity index (χ3v) is 8.75. The Hall–Kier alpha value is -6.39. The highest BCUT2D eigenvalue weighted by molar-refractivity contribution is 6.11. The molecule has 2 aromatic heterocycles. The second kappa shape index (κ2) is 11.2. The van der Waals surface area contributed by atoms with Crippen LogP contribution in [0.3, 0.4) is 0 Å². The molecular weight excluding hydrogens is 574 g/mol. The zero-order valence-corrected chi connectivity index (χ0v) is 25.3. The van der Waals surface area contributed by atoms with Crippen LogP contribution in [0.4, 0.5) is 0 Å². The number of rotatable bonds is 5. The Morgan fingerprint density at radius 1 is 0.340 bits per heavy atom. The summed E-state index contributed by atoms with van der Waals surface area (Å²) in [5.41, 5.74) is 9.17. The molecule has 0 fully saturated rings. The molecule has 0 bridgehead atoms. The summed E-state index contributed by atoms with van der Waals surface area (Å²) < 4.78 is 6.19. The van der Waals surface area contributed by atoms with Gasteiger partial charge in [0.25, 0.3) is 0 Å². The van der Waals surface area contributed by atoms with Gasteiger partial charge in [0.1, 0.15) is 11.2 Å². The number of furan rings is 1. The lowest BCUT2D eigenvalue weighted by Crippen LogP contribution is -2.00. The number of aromatic nitrogens is 3. The standard InChI is InChI=1S/C43H27N3O/c1-3-11-28(12-4-1)32-25-26-35-33(27-32)15-9-17-34(35)29-21-23-31(24-22-29)42-44-41(30-13-5-2-6-14-30)45-43(46-42)37-18-10-20-39-40(37)36-16-7-8-19-38(36)47-39/h1-27H. The minimum absolute atomic E-state index is 0.610. The smallest absolute Gasteiger partial charge is 0.164 e. The summed E-state index contributed by atoms with van der Waals surface area (Å²) >= 11 is 0. The third kappa shape index (κ3) is 4.84. The van der Waals surface area contributed by atoms with Crippen molar-refractivity contribution in [3.05, 3.63) is 164 Å². The van der Waals surface area contributed by atoms with Gasteiger partial charge in [-0.1, -0.05) is 146 Å². The maximum Gasteiger partial charge on any atom is 0.164 e. The summed E-state index contributed by atoms with van der Waals surface area (Å²) in [7, 11) is 0. The normalized spacial score (nSPS) is 11.4. The average Bonchev–Trinajstić information content (AvgIpc) is 3.54. The van der Waals surface area contributed by atoms with Gasteiger partial charge < -0.3 is 4.42 Å². The lowest BCUT2D eigenvalue weighted by atomic mass is 9.95. The summed E-state index contributed by atoms with van der Waals surface area (Å²) in [5, 5.41) is 4.47. The van der Waals surface area contributed by atoms with Gasteiger partial charge in [0, 0.05) is 27.5 Å². The maximum absolute atomic E-state index is 6.19. The third-order valence-electron chi connectivity index (χ3n) is 8.75. The highest BCUT2D eigenvalue weighted by atomic mass is 16.3. The molecule has 0 aliphatic rings. The summed E-state index contributed by atoms with van der Waals surface area (Å²) in [4.78, 5) is 15.0. The molecule has 7 aromatic carbocycles. The number of para-hydroxylation sites is 1. The molecule has 9 rings (SSSR count). The van der Waals surface area contributed by atoms with Gasteiger partial charge in [-0.25, -0.2) is 15.0 Å². The van der Waals surface area contributed by atoms with E-state index in [2.05, 4.69) is 97.1 Å². The van der Waals surface area contributed by atoms with Crippen molar-refractivity contribution in [2.75, 3.05) is 0 Å². The summed E-state index contributed by atoms with van der Waals surface area (Å²) in [5.74, 6) is 1.86. The topological polar surface area (TPSA) is 51.8 Å². The molecule has 0 aliphatic carbocycles. The molecule has 0 unspecified atom stereocenters. The zero-order chi connectivity index (χ0) is 31.2. The van der Waals surface area contributed by atoms with Gasteiger partial charge in [-0.2, -0.15) is 0 Å². The Morgan fingerprint density at radius 3 is 1.70 bits per heavy atom. The van der Waals surface area contributed by atoms with Crippen LogP contribution in [0.5, 0.6) is 0 Å². The minimum atomic E-state index is 0.610.